The van der Waals surface area contributed by atoms with Crippen molar-refractivity contribution in [1.82, 2.24) is 5.32 Å². The fourth-order valence-corrected chi connectivity index (χ4v) is 2.30. The van der Waals surface area contributed by atoms with Gasteiger partial charge in [0.1, 0.15) is 5.75 Å². The zero-order valence-corrected chi connectivity index (χ0v) is 11.5. The number of ether oxygens (including phenoxy) is 1. The highest BCUT2D eigenvalue weighted by Crippen LogP contribution is 2.30. The lowest BCUT2D eigenvalue weighted by Gasteiger charge is -2.27. The third-order valence-corrected chi connectivity index (χ3v) is 3.29. The lowest BCUT2D eigenvalue weighted by atomic mass is 9.88. The first-order valence-electron chi connectivity index (χ1n) is 6.20. The zero-order chi connectivity index (χ0) is 13.9. The lowest BCUT2D eigenvalue weighted by molar-refractivity contribution is -0.274. The van der Waals surface area contributed by atoms with Crippen LogP contribution in [0.1, 0.15) is 24.5 Å². The van der Waals surface area contributed by atoms with E-state index in [2.05, 4.69) is 10.1 Å². The normalized spacial score (nSPS) is 18.2. The molecule has 3 nitrogen and oxygen atoms in total. The van der Waals surface area contributed by atoms with Crippen molar-refractivity contribution in [3.8, 4) is 5.75 Å². The van der Waals surface area contributed by atoms with Gasteiger partial charge in [-0.1, -0.05) is 12.1 Å². The van der Waals surface area contributed by atoms with Gasteiger partial charge in [-0.05, 0) is 49.5 Å². The van der Waals surface area contributed by atoms with Gasteiger partial charge in [0.05, 0.1) is 6.10 Å². The topological polar surface area (TPSA) is 41.5 Å². The molecule has 7 heteroatoms. The summed E-state index contributed by atoms with van der Waals surface area (Å²) in [4.78, 5) is 0. The van der Waals surface area contributed by atoms with Gasteiger partial charge in [0.25, 0.3) is 0 Å². The number of piperidine rings is 1. The Hall–Kier alpha value is -0.980. The van der Waals surface area contributed by atoms with E-state index >= 15 is 0 Å². The van der Waals surface area contributed by atoms with Crippen molar-refractivity contribution in [2.75, 3.05) is 13.1 Å². The van der Waals surface area contributed by atoms with Gasteiger partial charge in [0, 0.05) is 0 Å². The van der Waals surface area contributed by atoms with Crippen LogP contribution in [0.4, 0.5) is 13.2 Å². The van der Waals surface area contributed by atoms with Crippen LogP contribution in [-0.4, -0.2) is 24.6 Å². The predicted molar refractivity (Wildman–Crippen MR) is 70.9 cm³/mol. The summed E-state index contributed by atoms with van der Waals surface area (Å²) in [7, 11) is 0. The standard InChI is InChI=1S/C13H16F3NO2.ClH/c14-13(15,16)19-11-3-1-9(2-4-11)12(18)10-5-7-17-8-6-10;/h1-4,10,12,17-18H,5-8H2;1H. The highest BCUT2D eigenvalue weighted by atomic mass is 35.5. The van der Waals surface area contributed by atoms with Crippen LogP contribution in [0.3, 0.4) is 0 Å². The molecule has 0 radical (unpaired) electrons. The summed E-state index contributed by atoms with van der Waals surface area (Å²) >= 11 is 0. The fraction of sp³-hybridized carbons (Fsp3) is 0.538. The average Bonchev–Trinajstić information content (AvgIpc) is 2.38. The maximum Gasteiger partial charge on any atom is 0.573 e. The Morgan fingerprint density at radius 1 is 1.15 bits per heavy atom. The molecule has 1 aromatic carbocycles. The highest BCUT2D eigenvalue weighted by molar-refractivity contribution is 5.85. The van der Waals surface area contributed by atoms with Gasteiger partial charge in [0.15, 0.2) is 0 Å². The number of hydrogen-bond acceptors (Lipinski definition) is 3. The molecule has 114 valence electrons. The first-order valence-corrected chi connectivity index (χ1v) is 6.20. The van der Waals surface area contributed by atoms with Crippen LogP contribution in [-0.2, 0) is 0 Å². The Bertz CT molecular complexity index is 405. The molecule has 1 fully saturated rings. The summed E-state index contributed by atoms with van der Waals surface area (Å²) in [5, 5.41) is 13.4. The maximum absolute atomic E-state index is 12.0. The Labute approximate surface area is 121 Å². The van der Waals surface area contributed by atoms with Crippen LogP contribution in [0.25, 0.3) is 0 Å². The smallest absolute Gasteiger partial charge is 0.406 e. The minimum absolute atomic E-state index is 0. The quantitative estimate of drug-likeness (QED) is 0.901. The molecule has 2 rings (SSSR count). The molecule has 0 aromatic heterocycles. The number of aliphatic hydroxyl groups excluding tert-OH is 1. The average molecular weight is 312 g/mol. The number of rotatable bonds is 3. The second kappa shape index (κ2) is 7.15. The monoisotopic (exact) mass is 311 g/mol. The van der Waals surface area contributed by atoms with E-state index in [9.17, 15) is 18.3 Å². The van der Waals surface area contributed by atoms with Gasteiger partial charge >= 0.3 is 6.36 Å². The van der Waals surface area contributed by atoms with Crippen molar-refractivity contribution in [2.24, 2.45) is 5.92 Å². The molecule has 2 N–H and O–H groups in total. The van der Waals surface area contributed by atoms with E-state index in [1.54, 1.807) is 0 Å². The van der Waals surface area contributed by atoms with E-state index in [0.29, 0.717) is 5.56 Å². The first kappa shape index (κ1) is 17.1. The molecule has 1 aromatic rings. The van der Waals surface area contributed by atoms with Crippen LogP contribution in [0.5, 0.6) is 5.75 Å². The molecule has 0 spiro atoms. The van der Waals surface area contributed by atoms with Crippen LogP contribution >= 0.6 is 12.4 Å². The molecule has 20 heavy (non-hydrogen) atoms. The van der Waals surface area contributed by atoms with E-state index < -0.39 is 12.5 Å². The van der Waals surface area contributed by atoms with Gasteiger partial charge in [-0.3, -0.25) is 0 Å². The predicted octanol–water partition coefficient (Wildman–Crippen LogP) is 3.04. The Kier molecular flexibility index (Phi) is 6.10. The molecule has 1 aliphatic heterocycles. The van der Waals surface area contributed by atoms with Crippen LogP contribution < -0.4 is 10.1 Å². The number of aliphatic hydroxyl groups is 1. The highest BCUT2D eigenvalue weighted by Gasteiger charge is 2.31. The maximum atomic E-state index is 12.0. The largest absolute Gasteiger partial charge is 0.573 e. The van der Waals surface area contributed by atoms with Crippen molar-refractivity contribution in [2.45, 2.75) is 25.3 Å². The molecule has 0 amide bonds. The van der Waals surface area contributed by atoms with Crippen molar-refractivity contribution in [3.63, 3.8) is 0 Å². The molecule has 0 saturated carbocycles. The first-order chi connectivity index (χ1) is 8.96. The van der Waals surface area contributed by atoms with E-state index in [-0.39, 0.29) is 24.1 Å². The van der Waals surface area contributed by atoms with Gasteiger partial charge in [-0.15, -0.1) is 25.6 Å². The van der Waals surface area contributed by atoms with Gasteiger partial charge < -0.3 is 15.2 Å². The summed E-state index contributed by atoms with van der Waals surface area (Å²) in [5.74, 6) is -0.121. The number of nitrogens with one attached hydrogen (secondary N) is 1. The molecular formula is C13H17ClF3NO2. The second-order valence-electron chi connectivity index (χ2n) is 4.65. The van der Waals surface area contributed by atoms with E-state index in [1.165, 1.54) is 24.3 Å². The zero-order valence-electron chi connectivity index (χ0n) is 10.7. The van der Waals surface area contributed by atoms with Crippen molar-refractivity contribution in [1.29, 1.82) is 0 Å². The van der Waals surface area contributed by atoms with Crippen molar-refractivity contribution < 1.29 is 23.0 Å². The lowest BCUT2D eigenvalue weighted by Crippen LogP contribution is -2.30. The SMILES string of the molecule is Cl.OC(c1ccc(OC(F)(F)F)cc1)C1CCNCC1. The molecule has 1 heterocycles. The summed E-state index contributed by atoms with van der Waals surface area (Å²) in [6.45, 7) is 1.72. The number of benzene rings is 1. The Balaban J connectivity index is 0.00000200. The summed E-state index contributed by atoms with van der Waals surface area (Å²) < 4.78 is 39.8. The van der Waals surface area contributed by atoms with Crippen molar-refractivity contribution >= 4 is 12.4 Å². The second-order valence-corrected chi connectivity index (χ2v) is 4.65. The molecule has 1 saturated heterocycles. The van der Waals surface area contributed by atoms with Gasteiger partial charge in [-0.25, -0.2) is 0 Å². The number of alkyl halides is 3. The molecular weight excluding hydrogens is 295 g/mol. The number of halogens is 4. The summed E-state index contributed by atoms with van der Waals surface area (Å²) in [6, 6.07) is 5.42. The van der Waals surface area contributed by atoms with Crippen LogP contribution in [0.2, 0.25) is 0 Å². The van der Waals surface area contributed by atoms with Crippen molar-refractivity contribution in [3.05, 3.63) is 29.8 Å². The van der Waals surface area contributed by atoms with Crippen LogP contribution in [0, 0.1) is 5.92 Å². The molecule has 1 aliphatic rings. The molecule has 1 unspecified atom stereocenters. The molecule has 1 atom stereocenters. The fourth-order valence-electron chi connectivity index (χ4n) is 2.30. The third-order valence-electron chi connectivity index (χ3n) is 3.29. The van der Waals surface area contributed by atoms with Crippen LogP contribution in [0.15, 0.2) is 24.3 Å². The van der Waals surface area contributed by atoms with Gasteiger partial charge in [0.2, 0.25) is 0 Å². The Morgan fingerprint density at radius 2 is 1.70 bits per heavy atom. The van der Waals surface area contributed by atoms with E-state index in [4.69, 9.17) is 0 Å². The van der Waals surface area contributed by atoms with E-state index in [0.717, 1.165) is 25.9 Å². The molecule has 0 aliphatic carbocycles. The third kappa shape index (κ3) is 4.85. The summed E-state index contributed by atoms with van der Waals surface area (Å²) in [5.41, 5.74) is 0.626. The minimum Gasteiger partial charge on any atom is -0.406 e. The van der Waals surface area contributed by atoms with E-state index in [1.807, 2.05) is 0 Å². The summed E-state index contributed by atoms with van der Waals surface area (Å²) in [6.07, 6.45) is -3.60. The minimum atomic E-state index is -4.69. The molecule has 0 bridgehead atoms. The van der Waals surface area contributed by atoms with Gasteiger partial charge in [-0.2, -0.15) is 0 Å². The number of hydrogen-bond donors (Lipinski definition) is 2. The Morgan fingerprint density at radius 3 is 2.20 bits per heavy atom.